The molecular weight excluding hydrogens is 617 g/mol. The van der Waals surface area contributed by atoms with Gasteiger partial charge in [-0.25, -0.2) is 0 Å². The van der Waals surface area contributed by atoms with Gasteiger partial charge in [-0.2, -0.15) is 0 Å². The molecule has 6 heteroatoms. The van der Waals surface area contributed by atoms with Gasteiger partial charge in [0.1, 0.15) is 0 Å². The second kappa shape index (κ2) is 21.4. The summed E-state index contributed by atoms with van der Waals surface area (Å²) in [4.78, 5) is 9.30. The topological polar surface area (TPSA) is 31.4 Å². The Morgan fingerprint density at radius 1 is 0.420 bits per heavy atom. The highest BCUT2D eigenvalue weighted by atomic mass is 16.5. The third-order valence-corrected chi connectivity index (χ3v) is 9.35. The summed E-state index contributed by atoms with van der Waals surface area (Å²) in [5, 5.41) is 0. The van der Waals surface area contributed by atoms with Crippen LogP contribution in [0.5, 0.6) is 11.5 Å². The number of benzene rings is 4. The van der Waals surface area contributed by atoms with Gasteiger partial charge in [0.05, 0.1) is 14.2 Å². The number of nitrogens with zero attached hydrogens (tertiary/aromatic N) is 4. The third-order valence-electron chi connectivity index (χ3n) is 9.35. The molecule has 0 bridgehead atoms. The number of hydrogen-bond donors (Lipinski definition) is 0. The van der Waals surface area contributed by atoms with E-state index in [1.54, 1.807) is 14.2 Å². The zero-order valence-electron chi connectivity index (χ0n) is 28.8. The van der Waals surface area contributed by atoms with E-state index in [1.165, 1.54) is 70.6 Å². The van der Waals surface area contributed by atoms with Gasteiger partial charge in [-0.15, -0.1) is 0 Å². The lowest BCUT2D eigenvalue weighted by Crippen LogP contribution is -2.26. The van der Waals surface area contributed by atoms with Crippen molar-refractivity contribution in [1.82, 2.24) is 14.7 Å². The lowest BCUT2D eigenvalue weighted by atomic mass is 9.99. The zero-order chi connectivity index (χ0) is 32.5. The van der Waals surface area contributed by atoms with Crippen molar-refractivity contribution in [2.45, 2.75) is 75.1 Å². The Kier molecular flexibility index (Phi) is 18.9. The number of fused-ring (bicyclic) bond motifs is 4. The van der Waals surface area contributed by atoms with Crippen molar-refractivity contribution in [2.75, 3.05) is 66.9 Å². The molecule has 0 aromatic heterocycles. The first-order valence-electron chi connectivity index (χ1n) is 16.6. The largest absolute Gasteiger partial charge is 0.493 e. The molecule has 0 aliphatic carbocycles. The molecule has 0 amide bonds. The fourth-order valence-electron chi connectivity index (χ4n) is 6.67. The molecule has 4 aliphatic heterocycles. The van der Waals surface area contributed by atoms with Crippen LogP contribution in [-0.4, -0.2) is 76.7 Å². The summed E-state index contributed by atoms with van der Waals surface area (Å²) in [5.41, 5.74) is 11.6. The van der Waals surface area contributed by atoms with E-state index in [9.17, 15) is 0 Å². The van der Waals surface area contributed by atoms with Crippen molar-refractivity contribution in [1.29, 1.82) is 0 Å². The van der Waals surface area contributed by atoms with Crippen molar-refractivity contribution in [3.63, 3.8) is 0 Å². The zero-order valence-corrected chi connectivity index (χ0v) is 28.8. The summed E-state index contributed by atoms with van der Waals surface area (Å²) in [5.74, 6) is 1.66. The molecular formula is C44H68N4O2. The van der Waals surface area contributed by atoms with Gasteiger partial charge in [-0.3, -0.25) is 4.90 Å². The quantitative estimate of drug-likeness (QED) is 0.209. The monoisotopic (exact) mass is 685 g/mol. The van der Waals surface area contributed by atoms with Crippen molar-refractivity contribution < 1.29 is 9.47 Å². The van der Waals surface area contributed by atoms with E-state index in [2.05, 4.69) is 133 Å². The molecule has 0 unspecified atom stereocenters. The average molecular weight is 685 g/mol. The fraction of sp³-hybridized carbons (Fsp3) is 0.455. The highest BCUT2D eigenvalue weighted by Crippen LogP contribution is 2.33. The molecule has 50 heavy (non-hydrogen) atoms. The first-order valence-corrected chi connectivity index (χ1v) is 16.6. The molecule has 276 valence electrons. The summed E-state index contributed by atoms with van der Waals surface area (Å²) in [6.07, 6.45) is 3.52. The number of methoxy groups -OCH3 is 2. The van der Waals surface area contributed by atoms with Crippen molar-refractivity contribution in [3.05, 3.63) is 124 Å². The van der Waals surface area contributed by atoms with Crippen molar-refractivity contribution >= 4 is 5.69 Å². The highest BCUT2D eigenvalue weighted by Gasteiger charge is 2.17. The Labute approximate surface area is 306 Å². The van der Waals surface area contributed by atoms with Crippen LogP contribution < -0.4 is 14.4 Å². The van der Waals surface area contributed by atoms with E-state index in [4.69, 9.17) is 9.47 Å². The summed E-state index contributed by atoms with van der Waals surface area (Å²) in [7, 11) is 12.0. The number of likely N-dealkylation sites (N-methyl/N-ethyl adjacent to an activating group) is 3. The number of anilines is 1. The Balaban J connectivity index is 0.000000329. The molecule has 0 fully saturated rings. The minimum absolute atomic E-state index is 0. The lowest BCUT2D eigenvalue weighted by Gasteiger charge is -2.26. The van der Waals surface area contributed by atoms with Crippen LogP contribution in [0.15, 0.2) is 84.9 Å². The molecule has 0 saturated heterocycles. The van der Waals surface area contributed by atoms with Crippen LogP contribution in [0.3, 0.4) is 0 Å². The number of ether oxygens (including phenoxy) is 2. The van der Waals surface area contributed by atoms with Gasteiger partial charge < -0.3 is 24.2 Å². The summed E-state index contributed by atoms with van der Waals surface area (Å²) in [6.45, 7) is 7.86. The Hall–Kier alpha value is -3.84. The minimum atomic E-state index is 0. The molecule has 0 saturated carbocycles. The molecule has 4 aromatic carbocycles. The van der Waals surface area contributed by atoms with Crippen molar-refractivity contribution in [2.24, 2.45) is 0 Å². The maximum atomic E-state index is 5.29. The van der Waals surface area contributed by atoms with E-state index in [1.807, 2.05) is 0 Å². The smallest absolute Gasteiger partial charge is 0.161 e. The van der Waals surface area contributed by atoms with Gasteiger partial charge in [0, 0.05) is 58.5 Å². The highest BCUT2D eigenvalue weighted by molar-refractivity contribution is 5.57. The van der Waals surface area contributed by atoms with E-state index >= 15 is 0 Å². The summed E-state index contributed by atoms with van der Waals surface area (Å²) < 4.78 is 10.6. The predicted molar refractivity (Wildman–Crippen MR) is 218 cm³/mol. The van der Waals surface area contributed by atoms with Gasteiger partial charge in [0.15, 0.2) is 11.5 Å². The molecule has 0 spiro atoms. The van der Waals surface area contributed by atoms with Crippen LogP contribution >= 0.6 is 0 Å². The second-order valence-corrected chi connectivity index (χ2v) is 13.0. The predicted octanol–water partition coefficient (Wildman–Crippen LogP) is 9.22. The molecule has 8 rings (SSSR count). The van der Waals surface area contributed by atoms with E-state index in [0.717, 1.165) is 50.6 Å². The van der Waals surface area contributed by atoms with Gasteiger partial charge in [-0.1, -0.05) is 96.4 Å². The SMILES string of the molecule is C.C.C.C.CN1CCc2ccccc21.CN1CCc2ccccc2C1.CN1Cc2ccccc2C1.COc1cc2c(cc1OC)CN(C)CC2. The molecule has 4 heterocycles. The molecule has 0 N–H and O–H groups in total. The maximum Gasteiger partial charge on any atom is 0.161 e. The first kappa shape index (κ1) is 44.2. The van der Waals surface area contributed by atoms with Gasteiger partial charge in [0.25, 0.3) is 0 Å². The molecule has 0 atom stereocenters. The first-order chi connectivity index (χ1) is 22.3. The minimum Gasteiger partial charge on any atom is -0.493 e. The van der Waals surface area contributed by atoms with E-state index in [-0.39, 0.29) is 29.7 Å². The molecule has 6 nitrogen and oxygen atoms in total. The third kappa shape index (κ3) is 11.6. The van der Waals surface area contributed by atoms with E-state index in [0.29, 0.717) is 0 Å². The van der Waals surface area contributed by atoms with Crippen LogP contribution in [0.25, 0.3) is 0 Å². The Morgan fingerprint density at radius 2 is 0.800 bits per heavy atom. The fourth-order valence-corrected chi connectivity index (χ4v) is 6.67. The van der Waals surface area contributed by atoms with Crippen LogP contribution in [0.4, 0.5) is 5.69 Å². The van der Waals surface area contributed by atoms with Crippen LogP contribution in [0.2, 0.25) is 0 Å². The van der Waals surface area contributed by atoms with Crippen molar-refractivity contribution in [3.8, 4) is 11.5 Å². The maximum absolute atomic E-state index is 5.29. The molecule has 4 aliphatic rings. The van der Waals surface area contributed by atoms with Crippen LogP contribution in [-0.2, 0) is 45.4 Å². The molecule has 4 aromatic rings. The van der Waals surface area contributed by atoms with Gasteiger partial charge in [-0.05, 0) is 97.5 Å². The van der Waals surface area contributed by atoms with Gasteiger partial charge >= 0.3 is 0 Å². The number of hydrogen-bond acceptors (Lipinski definition) is 6. The van der Waals surface area contributed by atoms with Gasteiger partial charge in [0.2, 0.25) is 0 Å². The number of para-hydroxylation sites is 1. The second-order valence-electron chi connectivity index (χ2n) is 13.0. The van der Waals surface area contributed by atoms with Crippen LogP contribution in [0, 0.1) is 0 Å². The average Bonchev–Trinajstić information content (AvgIpc) is 3.66. The van der Waals surface area contributed by atoms with E-state index < -0.39 is 0 Å². The normalized spacial score (nSPS) is 15.3. The number of rotatable bonds is 2. The summed E-state index contributed by atoms with van der Waals surface area (Å²) in [6, 6.07) is 30.1. The molecule has 0 radical (unpaired) electrons. The lowest BCUT2D eigenvalue weighted by molar-refractivity contribution is 0.308. The van der Waals surface area contributed by atoms with Crippen LogP contribution in [0.1, 0.15) is 68.7 Å². The Bertz CT molecular complexity index is 1550. The Morgan fingerprint density at radius 3 is 1.32 bits per heavy atom. The summed E-state index contributed by atoms with van der Waals surface area (Å²) >= 11 is 0. The standard InChI is InChI=1S/C12H17NO2.C10H13N.2C9H11N.4CH4/c1-13-5-4-9-6-11(14-2)12(15-3)7-10(9)8-13;1-11-7-6-9-4-2-3-5-10(9)8-11;1-10-6-8-4-2-3-5-9(8)7-10;1-10-7-6-8-4-2-3-5-9(8)10;;;;/h6-7H,4-5,8H2,1-3H3;2-5H,6-8H2,1H3;2*2-5H,6-7H2,1H3;4*1H4.